The van der Waals surface area contributed by atoms with Gasteiger partial charge in [-0.25, -0.2) is 43.7 Å². The van der Waals surface area contributed by atoms with E-state index in [-0.39, 0.29) is 23.4 Å². The third-order valence-electron chi connectivity index (χ3n) is 11.4. The van der Waals surface area contributed by atoms with E-state index >= 15 is 0 Å². The van der Waals surface area contributed by atoms with Crippen LogP contribution in [-0.2, 0) is 51.5 Å². The monoisotopic (exact) mass is 1120 g/mol. The SMILES string of the molecule is CC.CC(=O)NC1=CCC=CC1=O.CC1=NN(C)C(=O)C1.CC1=Nc2c(C)c(C)nn2C1.CC1=Nc2nc(C)nn2C1.CC1=Nn2c(C)nnc2C1.CC1=Nn2c(nc(C)c2C)C1.CC1=Nn2nc(C)nc2C1.CCC.CCC(C)=O. The van der Waals surface area contributed by atoms with Crippen molar-refractivity contribution in [2.24, 2.45) is 30.4 Å². The summed E-state index contributed by atoms with van der Waals surface area (Å²) in [5.41, 5.74) is 11.4. The molecule has 1 aliphatic carbocycles. The van der Waals surface area contributed by atoms with E-state index in [9.17, 15) is 19.2 Å². The van der Waals surface area contributed by atoms with E-state index in [0.29, 0.717) is 25.0 Å². The number of Topliss-reactive ketones (excluding diaryl/α,β-unsaturated/α-hetero) is 1. The highest BCUT2D eigenvalue weighted by Gasteiger charge is 2.20. The highest BCUT2D eigenvalue weighted by molar-refractivity contribution is 6.06. The Balaban J connectivity index is 0.000000242. The molecule has 2 amide bonds. The molecule has 0 unspecified atom stereocenters. The van der Waals surface area contributed by atoms with Crippen LogP contribution in [0.25, 0.3) is 0 Å². The Labute approximate surface area is 476 Å². The van der Waals surface area contributed by atoms with E-state index in [4.69, 9.17) is 0 Å². The van der Waals surface area contributed by atoms with Crippen molar-refractivity contribution in [1.29, 1.82) is 0 Å². The maximum absolute atomic E-state index is 11.0. The summed E-state index contributed by atoms with van der Waals surface area (Å²) in [4.78, 5) is 64.7. The Morgan fingerprint density at radius 1 is 0.605 bits per heavy atom. The standard InChI is InChI=1S/2C8H11N3.C8H9NO2.3C6H8N4.C5H8N2O.C4H8O.C3H8.C2H6/c1-5-4-11-8(9-5)6(2)7(3)10-11;1-5-4-8-9-6(2)7(3)11(8)10-5;1-6(10)9-7-4-2-3-5-8(7)11;1-4-3-10-6(7-4)8-5(2)9-10;1-4-3-6-8-7-5(2)10(6)9-4;1-4-3-6-7-5(2)9-10(6)8-4;1-4-3-5(8)7(2)6-4;1-3-4(2)5;1-3-2;1-2/h2*4H2,1-3H3;3-5H,2H2,1H3,(H,9,10);3*3H2,1-2H3;3H2,1-2H3;3H2,1-2H3;3H2,1-2H3;1-2H3. The minimum absolute atomic E-state index is 0.0856. The molecule has 0 atom stereocenters. The normalized spacial score (nSPS) is 14.6. The number of ketones is 2. The molecule has 11 heterocycles. The van der Waals surface area contributed by atoms with Crippen LogP contribution < -0.4 is 5.32 Å². The van der Waals surface area contributed by atoms with Gasteiger partial charge >= 0.3 is 0 Å². The highest BCUT2D eigenvalue weighted by Crippen LogP contribution is 2.26. The van der Waals surface area contributed by atoms with Crippen molar-refractivity contribution in [2.75, 3.05) is 7.05 Å². The Morgan fingerprint density at radius 3 is 1.67 bits per heavy atom. The van der Waals surface area contributed by atoms with Crippen LogP contribution in [0.4, 0.5) is 11.8 Å². The summed E-state index contributed by atoms with van der Waals surface area (Å²) in [5, 5.41) is 40.7. The van der Waals surface area contributed by atoms with Crippen LogP contribution in [0, 0.1) is 48.5 Å². The molecule has 0 radical (unpaired) electrons. The number of carbonyl (C=O) groups is 4. The number of aliphatic imine (C=N–C) groups is 2. The average molecular weight is 1120 g/mol. The van der Waals surface area contributed by atoms with E-state index in [0.717, 1.165) is 130 Å². The van der Waals surface area contributed by atoms with Gasteiger partial charge in [-0.15, -0.1) is 20.1 Å². The smallest absolute Gasteiger partial charge is 0.248 e. The Hall–Kier alpha value is -8.38. The first kappa shape index (κ1) is 66.9. The van der Waals surface area contributed by atoms with Crippen LogP contribution in [0.2, 0.25) is 0 Å². The summed E-state index contributed by atoms with van der Waals surface area (Å²) < 4.78 is 7.49. The lowest BCUT2D eigenvalue weighted by molar-refractivity contribution is -0.127. The minimum atomic E-state index is -0.208. The Morgan fingerprint density at radius 2 is 1.16 bits per heavy atom. The number of aryl methyl sites for hydroxylation is 5. The second kappa shape index (κ2) is 32.0. The third-order valence-corrected chi connectivity index (χ3v) is 11.4. The zero-order chi connectivity index (χ0) is 60.8. The second-order valence-corrected chi connectivity index (χ2v) is 19.5. The van der Waals surface area contributed by atoms with Crippen molar-refractivity contribution < 1.29 is 19.2 Å². The molecular weight excluding hydrogens is 1030 g/mol. The fraction of sp³-hybridized carbons (Fsp3) is 0.536. The summed E-state index contributed by atoms with van der Waals surface area (Å²) in [6.07, 6.45) is 10.6. The van der Waals surface area contributed by atoms with Gasteiger partial charge in [0, 0.05) is 79.5 Å². The molecule has 25 heteroatoms. The van der Waals surface area contributed by atoms with Crippen LogP contribution in [0.1, 0.15) is 173 Å². The summed E-state index contributed by atoms with van der Waals surface area (Å²) in [6, 6.07) is 0. The molecular formula is C56H85N21O4. The lowest BCUT2D eigenvalue weighted by atomic mass is 10.1. The molecule has 0 saturated heterocycles. The van der Waals surface area contributed by atoms with Gasteiger partial charge in [0.2, 0.25) is 23.5 Å². The predicted molar refractivity (Wildman–Crippen MR) is 319 cm³/mol. The lowest BCUT2D eigenvalue weighted by Gasteiger charge is -2.06. The average Bonchev–Trinajstić information content (AvgIpc) is 4.35. The number of nitrogens with zero attached hydrogens (tertiary/aromatic N) is 20. The highest BCUT2D eigenvalue weighted by atomic mass is 16.2. The number of amides is 2. The van der Waals surface area contributed by atoms with Crippen LogP contribution in [0.15, 0.2) is 54.3 Å². The Kier molecular flexibility index (Phi) is 26.4. The van der Waals surface area contributed by atoms with E-state index in [1.807, 2.05) is 118 Å². The first-order chi connectivity index (χ1) is 38.2. The van der Waals surface area contributed by atoms with Crippen molar-refractivity contribution in [3.05, 3.63) is 81.5 Å². The molecule has 0 fully saturated rings. The van der Waals surface area contributed by atoms with Crippen molar-refractivity contribution in [2.45, 2.75) is 197 Å². The van der Waals surface area contributed by atoms with Gasteiger partial charge in [0.25, 0.3) is 0 Å². The number of carbonyl (C=O) groups excluding carboxylic acids is 4. The zero-order valence-corrected chi connectivity index (χ0v) is 51.7. The van der Waals surface area contributed by atoms with E-state index in [2.05, 4.69) is 96.9 Å². The van der Waals surface area contributed by atoms with E-state index in [1.165, 1.54) is 30.0 Å². The fourth-order valence-corrected chi connectivity index (χ4v) is 7.43. The van der Waals surface area contributed by atoms with Gasteiger partial charge in [-0.1, -0.05) is 53.2 Å². The van der Waals surface area contributed by atoms with Crippen molar-refractivity contribution in [3.8, 4) is 0 Å². The molecule has 0 saturated carbocycles. The van der Waals surface area contributed by atoms with Crippen molar-refractivity contribution in [3.63, 3.8) is 0 Å². The summed E-state index contributed by atoms with van der Waals surface area (Å²) >= 11 is 0. The van der Waals surface area contributed by atoms with E-state index in [1.54, 1.807) is 35.6 Å². The van der Waals surface area contributed by atoms with Gasteiger partial charge in [0.05, 0.1) is 42.3 Å². The van der Waals surface area contributed by atoms with Crippen molar-refractivity contribution >= 4 is 69.4 Å². The Bertz CT molecular complexity index is 3140. The number of rotatable bonds is 2. The largest absolute Gasteiger partial charge is 0.323 e. The molecule has 0 spiro atoms. The maximum atomic E-state index is 11.0. The van der Waals surface area contributed by atoms with Crippen molar-refractivity contribution in [1.82, 2.24) is 74.3 Å². The number of hydrogen-bond acceptors (Lipinski definition) is 18. The van der Waals surface area contributed by atoms with Gasteiger partial charge in [-0.2, -0.15) is 35.6 Å². The van der Waals surface area contributed by atoms with Gasteiger partial charge in [-0.3, -0.25) is 14.4 Å². The van der Waals surface area contributed by atoms with Crippen LogP contribution in [0.3, 0.4) is 0 Å². The summed E-state index contributed by atoms with van der Waals surface area (Å²) in [6.45, 7) is 40.4. The molecule has 6 aliphatic heterocycles. The number of allylic oxidation sites excluding steroid dienone is 3. The van der Waals surface area contributed by atoms with Gasteiger partial charge < -0.3 is 10.1 Å². The number of hydrogen-bond donors (Lipinski definition) is 1. The first-order valence-corrected chi connectivity index (χ1v) is 27.3. The van der Waals surface area contributed by atoms with Gasteiger partial charge in [0.15, 0.2) is 23.3 Å². The van der Waals surface area contributed by atoms with E-state index < -0.39 is 0 Å². The molecule has 12 rings (SSSR count). The topological polar surface area (TPSA) is 285 Å². The number of hydrazone groups is 1. The molecule has 0 aromatic carbocycles. The zero-order valence-electron chi connectivity index (χ0n) is 51.7. The number of imidazole rings is 1. The second-order valence-electron chi connectivity index (χ2n) is 19.5. The quantitative estimate of drug-likeness (QED) is 0.174. The van der Waals surface area contributed by atoms with Gasteiger partial charge in [-0.05, 0) is 109 Å². The number of fused-ring (bicyclic) bond motifs is 5. The molecule has 25 nitrogen and oxygen atoms in total. The summed E-state index contributed by atoms with van der Waals surface area (Å²) in [5.74, 6) is 7.24. The maximum Gasteiger partial charge on any atom is 0.248 e. The fourth-order valence-electron chi connectivity index (χ4n) is 7.43. The molecule has 7 aliphatic rings. The lowest BCUT2D eigenvalue weighted by Crippen LogP contribution is -2.24. The minimum Gasteiger partial charge on any atom is -0.323 e. The molecule has 81 heavy (non-hydrogen) atoms. The van der Waals surface area contributed by atoms with Crippen LogP contribution in [-0.4, -0.2) is 134 Å². The predicted octanol–water partition coefficient (Wildman–Crippen LogP) is 8.50. The number of aromatic nitrogens is 13. The summed E-state index contributed by atoms with van der Waals surface area (Å²) in [7, 11) is 1.67. The molecule has 438 valence electrons. The molecule has 0 bridgehead atoms. The van der Waals surface area contributed by atoms with Crippen LogP contribution >= 0.6 is 0 Å². The molecule has 1 N–H and O–H groups in total. The molecule has 5 aromatic heterocycles. The third kappa shape index (κ3) is 20.7. The number of nitrogens with one attached hydrogen (secondary N) is 1. The van der Waals surface area contributed by atoms with Crippen LogP contribution in [0.5, 0.6) is 0 Å². The van der Waals surface area contributed by atoms with Gasteiger partial charge in [0.1, 0.15) is 23.3 Å². The first-order valence-electron chi connectivity index (χ1n) is 27.3. The molecule has 5 aromatic rings.